The van der Waals surface area contributed by atoms with E-state index in [-0.39, 0.29) is 23.3 Å². The van der Waals surface area contributed by atoms with Gasteiger partial charge in [-0.1, -0.05) is 0 Å². The number of carbonyl (C=O) groups excluding carboxylic acids is 1. The van der Waals surface area contributed by atoms with Crippen molar-refractivity contribution in [1.29, 1.82) is 0 Å². The largest absolute Gasteiger partial charge is 0.496 e. The molecule has 0 radical (unpaired) electrons. The number of methoxy groups -OCH3 is 1. The van der Waals surface area contributed by atoms with Crippen molar-refractivity contribution in [2.45, 2.75) is 31.8 Å². The zero-order chi connectivity index (χ0) is 18.5. The van der Waals surface area contributed by atoms with Gasteiger partial charge in [-0.15, -0.1) is 0 Å². The topological polar surface area (TPSA) is 97.8 Å². The average molecular weight is 356 g/mol. The highest BCUT2D eigenvalue weighted by Gasteiger charge is 2.17. The van der Waals surface area contributed by atoms with Gasteiger partial charge in [-0.3, -0.25) is 4.79 Å². The number of aromatic carboxylic acids is 1. The molecule has 0 atom stereocenters. The molecule has 1 heterocycles. The summed E-state index contributed by atoms with van der Waals surface area (Å²) in [5.41, 5.74) is 0.841. The fourth-order valence-corrected chi connectivity index (χ4v) is 2.91. The average Bonchev–Trinajstić information content (AvgIpc) is 3.15. The van der Waals surface area contributed by atoms with Crippen LogP contribution >= 0.6 is 0 Å². The summed E-state index contributed by atoms with van der Waals surface area (Å²) in [5.74, 6) is -0.758. The summed E-state index contributed by atoms with van der Waals surface area (Å²) < 4.78 is 10.8. The molecule has 0 spiro atoms. The molecule has 1 fully saturated rings. The number of nitrogens with one attached hydrogen (secondary N) is 1. The smallest absolute Gasteiger partial charge is 0.339 e. The molecule has 0 saturated heterocycles. The summed E-state index contributed by atoms with van der Waals surface area (Å²) in [4.78, 5) is 27.6. The molecule has 7 nitrogen and oxygen atoms in total. The fourth-order valence-electron chi connectivity index (χ4n) is 2.91. The SMILES string of the molecule is COc1cc(NC(=O)c2ccc(OC3CCCC3)nc2)ccc1C(=O)O. The highest BCUT2D eigenvalue weighted by Crippen LogP contribution is 2.25. The first-order valence-corrected chi connectivity index (χ1v) is 8.42. The molecule has 0 aliphatic heterocycles. The standard InChI is InChI=1S/C19H20N2O5/c1-25-16-10-13(7-8-15(16)19(23)24)21-18(22)12-6-9-17(20-11-12)26-14-4-2-3-5-14/h6-11,14H,2-5H2,1H3,(H,21,22)(H,23,24). The van der Waals surface area contributed by atoms with E-state index in [4.69, 9.17) is 14.6 Å². The number of carbonyl (C=O) groups is 2. The molecular weight excluding hydrogens is 336 g/mol. The van der Waals surface area contributed by atoms with E-state index >= 15 is 0 Å². The van der Waals surface area contributed by atoms with Crippen molar-refractivity contribution < 1.29 is 24.2 Å². The molecule has 136 valence electrons. The molecule has 1 aromatic heterocycles. The molecule has 26 heavy (non-hydrogen) atoms. The third kappa shape index (κ3) is 4.11. The van der Waals surface area contributed by atoms with E-state index < -0.39 is 5.97 Å². The van der Waals surface area contributed by atoms with Gasteiger partial charge in [-0.05, 0) is 43.9 Å². The zero-order valence-corrected chi connectivity index (χ0v) is 14.4. The summed E-state index contributed by atoms with van der Waals surface area (Å²) in [6.45, 7) is 0. The first-order chi connectivity index (χ1) is 12.6. The number of hydrogen-bond donors (Lipinski definition) is 2. The van der Waals surface area contributed by atoms with Crippen LogP contribution in [0, 0.1) is 0 Å². The molecule has 1 aliphatic carbocycles. The molecule has 2 N–H and O–H groups in total. The highest BCUT2D eigenvalue weighted by molar-refractivity contribution is 6.04. The van der Waals surface area contributed by atoms with E-state index in [2.05, 4.69) is 10.3 Å². The quantitative estimate of drug-likeness (QED) is 0.823. The van der Waals surface area contributed by atoms with Gasteiger partial charge in [0.2, 0.25) is 5.88 Å². The van der Waals surface area contributed by atoms with E-state index in [1.807, 2.05) is 0 Å². The van der Waals surface area contributed by atoms with E-state index in [0.29, 0.717) is 17.1 Å². The lowest BCUT2D eigenvalue weighted by Gasteiger charge is -2.12. The minimum absolute atomic E-state index is 0.0283. The second-order valence-corrected chi connectivity index (χ2v) is 6.08. The van der Waals surface area contributed by atoms with E-state index in [1.54, 1.807) is 12.1 Å². The monoisotopic (exact) mass is 356 g/mol. The lowest BCUT2D eigenvalue weighted by Crippen LogP contribution is -2.14. The third-order valence-corrected chi connectivity index (χ3v) is 4.28. The molecule has 0 bridgehead atoms. The number of carboxylic acids is 1. The van der Waals surface area contributed by atoms with Crippen LogP contribution in [0.4, 0.5) is 5.69 Å². The predicted molar refractivity (Wildman–Crippen MR) is 95.0 cm³/mol. The molecule has 3 rings (SSSR count). The van der Waals surface area contributed by atoms with Gasteiger partial charge in [-0.25, -0.2) is 9.78 Å². The van der Waals surface area contributed by atoms with Crippen LogP contribution in [-0.2, 0) is 0 Å². The number of pyridine rings is 1. The van der Waals surface area contributed by atoms with Crippen molar-refractivity contribution in [2.75, 3.05) is 12.4 Å². The molecule has 1 amide bonds. The molecule has 1 saturated carbocycles. The lowest BCUT2D eigenvalue weighted by molar-refractivity contribution is 0.0693. The van der Waals surface area contributed by atoms with Crippen molar-refractivity contribution in [2.24, 2.45) is 0 Å². The molecular formula is C19H20N2O5. The second kappa shape index (κ2) is 7.86. The number of anilines is 1. The highest BCUT2D eigenvalue weighted by atomic mass is 16.5. The number of benzene rings is 1. The maximum atomic E-state index is 12.3. The first-order valence-electron chi connectivity index (χ1n) is 8.42. The third-order valence-electron chi connectivity index (χ3n) is 4.28. The van der Waals surface area contributed by atoms with Crippen LogP contribution in [0.15, 0.2) is 36.5 Å². The van der Waals surface area contributed by atoms with E-state index in [1.165, 1.54) is 44.3 Å². The van der Waals surface area contributed by atoms with Crippen molar-refractivity contribution >= 4 is 17.6 Å². The Morgan fingerprint density at radius 3 is 2.58 bits per heavy atom. The maximum Gasteiger partial charge on any atom is 0.339 e. The zero-order valence-electron chi connectivity index (χ0n) is 14.4. The number of carboxylic acid groups (broad SMARTS) is 1. The van der Waals surface area contributed by atoms with Crippen molar-refractivity contribution in [1.82, 2.24) is 4.98 Å². The number of amides is 1. The van der Waals surface area contributed by atoms with E-state index in [0.717, 1.165) is 12.8 Å². The van der Waals surface area contributed by atoms with Gasteiger partial charge in [0, 0.05) is 24.0 Å². The van der Waals surface area contributed by atoms with Gasteiger partial charge in [0.05, 0.1) is 12.7 Å². The number of rotatable bonds is 6. The van der Waals surface area contributed by atoms with Crippen LogP contribution in [-0.4, -0.2) is 35.2 Å². The summed E-state index contributed by atoms with van der Waals surface area (Å²) in [7, 11) is 1.38. The fraction of sp³-hybridized carbons (Fsp3) is 0.316. The van der Waals surface area contributed by atoms with Crippen LogP contribution in [0.3, 0.4) is 0 Å². The van der Waals surface area contributed by atoms with Crippen molar-refractivity contribution in [3.05, 3.63) is 47.7 Å². The Kier molecular flexibility index (Phi) is 5.36. The van der Waals surface area contributed by atoms with Crippen LogP contribution in [0.2, 0.25) is 0 Å². The second-order valence-electron chi connectivity index (χ2n) is 6.08. The van der Waals surface area contributed by atoms with Gasteiger partial charge in [0.15, 0.2) is 0 Å². The minimum atomic E-state index is -1.10. The summed E-state index contributed by atoms with van der Waals surface area (Å²) in [5, 5.41) is 11.8. The maximum absolute atomic E-state index is 12.3. The summed E-state index contributed by atoms with van der Waals surface area (Å²) in [6, 6.07) is 7.69. The Morgan fingerprint density at radius 1 is 1.19 bits per heavy atom. The van der Waals surface area contributed by atoms with Crippen molar-refractivity contribution in [3.8, 4) is 11.6 Å². The molecule has 7 heteroatoms. The summed E-state index contributed by atoms with van der Waals surface area (Å²) in [6.07, 6.45) is 6.10. The van der Waals surface area contributed by atoms with E-state index in [9.17, 15) is 9.59 Å². The first kappa shape index (κ1) is 17.7. The van der Waals surface area contributed by atoms with Crippen LogP contribution in [0.25, 0.3) is 0 Å². The summed E-state index contributed by atoms with van der Waals surface area (Å²) >= 11 is 0. The number of ether oxygens (including phenoxy) is 2. The minimum Gasteiger partial charge on any atom is -0.496 e. The normalized spacial score (nSPS) is 14.0. The number of hydrogen-bond acceptors (Lipinski definition) is 5. The Labute approximate surface area is 151 Å². The van der Waals surface area contributed by atoms with Gasteiger partial charge in [-0.2, -0.15) is 0 Å². The number of aromatic nitrogens is 1. The predicted octanol–water partition coefficient (Wildman–Crippen LogP) is 3.36. The van der Waals surface area contributed by atoms with Gasteiger partial charge < -0.3 is 19.9 Å². The van der Waals surface area contributed by atoms with Gasteiger partial charge in [0.25, 0.3) is 5.91 Å². The Bertz CT molecular complexity index is 798. The molecule has 2 aromatic rings. The molecule has 1 aliphatic rings. The Hall–Kier alpha value is -3.09. The molecule has 0 unspecified atom stereocenters. The Morgan fingerprint density at radius 2 is 1.96 bits per heavy atom. The van der Waals surface area contributed by atoms with Crippen LogP contribution in [0.1, 0.15) is 46.4 Å². The van der Waals surface area contributed by atoms with Crippen molar-refractivity contribution in [3.63, 3.8) is 0 Å². The van der Waals surface area contributed by atoms with Gasteiger partial charge >= 0.3 is 5.97 Å². The van der Waals surface area contributed by atoms with Gasteiger partial charge in [0.1, 0.15) is 17.4 Å². The molecule has 1 aromatic carbocycles. The Balaban J connectivity index is 1.66. The number of nitrogens with zero attached hydrogens (tertiary/aromatic N) is 1. The lowest BCUT2D eigenvalue weighted by atomic mass is 10.1. The van der Waals surface area contributed by atoms with Crippen LogP contribution in [0.5, 0.6) is 11.6 Å². The van der Waals surface area contributed by atoms with Crippen LogP contribution < -0.4 is 14.8 Å².